The number of sulfonamides is 1. The van der Waals surface area contributed by atoms with Gasteiger partial charge in [0.25, 0.3) is 15.9 Å². The summed E-state index contributed by atoms with van der Waals surface area (Å²) >= 11 is 0. The standard InChI is InChI=1S/C14H14N4O5S/c1-2-23-14(20)10-3-5-11(6-4-10)24(21,22)18-17-13(19)12-9-15-7-8-16-12/h3-9,18H,2H2,1H3,(H,17,19). The highest BCUT2D eigenvalue weighted by atomic mass is 32.2. The van der Waals surface area contributed by atoms with Crippen molar-refractivity contribution in [2.24, 2.45) is 0 Å². The quantitative estimate of drug-likeness (QED) is 0.565. The molecular weight excluding hydrogens is 336 g/mol. The maximum atomic E-state index is 12.1. The largest absolute Gasteiger partial charge is 0.462 e. The van der Waals surface area contributed by atoms with E-state index in [-0.39, 0.29) is 22.8 Å². The Morgan fingerprint density at radius 2 is 1.88 bits per heavy atom. The van der Waals surface area contributed by atoms with Gasteiger partial charge in [0.15, 0.2) is 0 Å². The molecule has 0 atom stereocenters. The molecule has 126 valence electrons. The Morgan fingerprint density at radius 3 is 2.46 bits per heavy atom. The van der Waals surface area contributed by atoms with Crippen molar-refractivity contribution in [2.75, 3.05) is 6.61 Å². The van der Waals surface area contributed by atoms with Gasteiger partial charge in [0, 0.05) is 12.4 Å². The zero-order valence-electron chi connectivity index (χ0n) is 12.6. The second-order valence-electron chi connectivity index (χ2n) is 4.40. The molecule has 1 aromatic carbocycles. The number of aromatic nitrogens is 2. The Bertz CT molecular complexity index is 822. The average Bonchev–Trinajstić information content (AvgIpc) is 2.61. The van der Waals surface area contributed by atoms with Crippen LogP contribution in [0.2, 0.25) is 0 Å². The first-order valence-corrected chi connectivity index (χ1v) is 8.27. The monoisotopic (exact) mass is 350 g/mol. The van der Waals surface area contributed by atoms with Gasteiger partial charge in [-0.05, 0) is 31.2 Å². The summed E-state index contributed by atoms with van der Waals surface area (Å²) in [4.78, 5) is 32.5. The van der Waals surface area contributed by atoms with Crippen molar-refractivity contribution in [3.8, 4) is 0 Å². The van der Waals surface area contributed by atoms with E-state index >= 15 is 0 Å². The number of carbonyl (C=O) groups excluding carboxylic acids is 2. The number of carbonyl (C=O) groups is 2. The maximum Gasteiger partial charge on any atom is 0.338 e. The van der Waals surface area contributed by atoms with Crippen LogP contribution in [0.1, 0.15) is 27.8 Å². The van der Waals surface area contributed by atoms with Crippen molar-refractivity contribution < 1.29 is 22.7 Å². The second kappa shape index (κ2) is 7.62. The molecule has 0 saturated carbocycles. The molecule has 2 rings (SSSR count). The van der Waals surface area contributed by atoms with Crippen LogP contribution in [0, 0.1) is 0 Å². The summed E-state index contributed by atoms with van der Waals surface area (Å²) in [7, 11) is -4.00. The Kier molecular flexibility index (Phi) is 5.55. The average molecular weight is 350 g/mol. The second-order valence-corrected chi connectivity index (χ2v) is 6.08. The normalized spacial score (nSPS) is 10.9. The Hall–Kier alpha value is -2.85. The van der Waals surface area contributed by atoms with E-state index in [1.54, 1.807) is 6.92 Å². The fourth-order valence-electron chi connectivity index (χ4n) is 1.64. The molecule has 0 radical (unpaired) electrons. The molecule has 0 fully saturated rings. The third-order valence-corrected chi connectivity index (χ3v) is 4.03. The summed E-state index contributed by atoms with van der Waals surface area (Å²) in [6.45, 7) is 1.88. The van der Waals surface area contributed by atoms with Gasteiger partial charge < -0.3 is 4.74 Å². The third kappa shape index (κ3) is 4.33. The van der Waals surface area contributed by atoms with E-state index in [0.29, 0.717) is 0 Å². The Labute approximate surface area is 138 Å². The lowest BCUT2D eigenvalue weighted by Crippen LogP contribution is -2.41. The lowest BCUT2D eigenvalue weighted by Gasteiger charge is -2.08. The molecule has 1 amide bonds. The van der Waals surface area contributed by atoms with Crippen LogP contribution in [0.4, 0.5) is 0 Å². The number of hydrogen-bond donors (Lipinski definition) is 2. The first-order chi connectivity index (χ1) is 11.4. The number of rotatable bonds is 6. The van der Waals surface area contributed by atoms with Crippen LogP contribution in [0.25, 0.3) is 0 Å². The summed E-state index contributed by atoms with van der Waals surface area (Å²) in [5, 5.41) is 0. The molecule has 0 spiro atoms. The Morgan fingerprint density at radius 1 is 1.17 bits per heavy atom. The highest BCUT2D eigenvalue weighted by Crippen LogP contribution is 2.11. The molecule has 0 unspecified atom stereocenters. The smallest absolute Gasteiger partial charge is 0.338 e. The molecule has 0 bridgehead atoms. The van der Waals surface area contributed by atoms with Crippen LogP contribution in [0.15, 0.2) is 47.8 Å². The van der Waals surface area contributed by atoms with Crippen molar-refractivity contribution >= 4 is 21.9 Å². The zero-order valence-corrected chi connectivity index (χ0v) is 13.4. The van der Waals surface area contributed by atoms with E-state index < -0.39 is 21.9 Å². The summed E-state index contributed by atoms with van der Waals surface area (Å²) in [5.41, 5.74) is 2.20. The van der Waals surface area contributed by atoms with Crippen molar-refractivity contribution in [1.82, 2.24) is 20.2 Å². The molecular formula is C14H14N4O5S. The van der Waals surface area contributed by atoms with Crippen LogP contribution >= 0.6 is 0 Å². The molecule has 1 aromatic heterocycles. The summed E-state index contributed by atoms with van der Waals surface area (Å²) in [5.74, 6) is -1.31. The number of nitrogens with zero attached hydrogens (tertiary/aromatic N) is 2. The van der Waals surface area contributed by atoms with Crippen molar-refractivity contribution in [3.05, 3.63) is 54.1 Å². The van der Waals surface area contributed by atoms with Gasteiger partial charge in [-0.1, -0.05) is 0 Å². The molecule has 10 heteroatoms. The third-order valence-electron chi connectivity index (χ3n) is 2.77. The lowest BCUT2D eigenvalue weighted by molar-refractivity contribution is 0.0526. The van der Waals surface area contributed by atoms with Gasteiger partial charge in [-0.2, -0.15) is 0 Å². The van der Waals surface area contributed by atoms with E-state index in [9.17, 15) is 18.0 Å². The molecule has 0 aliphatic rings. The van der Waals surface area contributed by atoms with E-state index in [2.05, 4.69) is 9.97 Å². The summed E-state index contributed by atoms with van der Waals surface area (Å²) in [6.07, 6.45) is 3.88. The molecule has 24 heavy (non-hydrogen) atoms. The van der Waals surface area contributed by atoms with Gasteiger partial charge in [-0.3, -0.25) is 15.2 Å². The van der Waals surface area contributed by atoms with Crippen molar-refractivity contribution in [1.29, 1.82) is 0 Å². The Balaban J connectivity index is 2.05. The molecule has 2 N–H and O–H groups in total. The zero-order chi connectivity index (χ0) is 17.6. The maximum absolute atomic E-state index is 12.1. The van der Waals surface area contributed by atoms with Gasteiger partial charge in [0.2, 0.25) is 0 Å². The first-order valence-electron chi connectivity index (χ1n) is 6.79. The van der Waals surface area contributed by atoms with Crippen LogP contribution in [-0.2, 0) is 14.8 Å². The van der Waals surface area contributed by atoms with E-state index in [1.807, 2.05) is 10.3 Å². The molecule has 0 aliphatic heterocycles. The predicted molar refractivity (Wildman–Crippen MR) is 82.2 cm³/mol. The fourth-order valence-corrected chi connectivity index (χ4v) is 2.48. The molecule has 2 aromatic rings. The van der Waals surface area contributed by atoms with Gasteiger partial charge in [0.1, 0.15) is 5.69 Å². The molecule has 0 saturated heterocycles. The minimum atomic E-state index is -4.00. The highest BCUT2D eigenvalue weighted by molar-refractivity contribution is 7.89. The van der Waals surface area contributed by atoms with Gasteiger partial charge in [-0.25, -0.2) is 18.2 Å². The summed E-state index contributed by atoms with van der Waals surface area (Å²) in [6, 6.07) is 5.08. The number of esters is 1. The first kappa shape index (κ1) is 17.5. The number of nitrogens with one attached hydrogen (secondary N) is 2. The topological polar surface area (TPSA) is 127 Å². The number of ether oxygens (including phenoxy) is 1. The molecule has 9 nitrogen and oxygen atoms in total. The van der Waals surface area contributed by atoms with Gasteiger partial charge in [0.05, 0.1) is 23.3 Å². The minimum Gasteiger partial charge on any atom is -0.462 e. The van der Waals surface area contributed by atoms with Crippen molar-refractivity contribution in [3.63, 3.8) is 0 Å². The number of hydrazine groups is 1. The predicted octanol–water partition coefficient (Wildman–Crippen LogP) is 0.277. The van der Waals surface area contributed by atoms with Crippen LogP contribution < -0.4 is 10.3 Å². The van der Waals surface area contributed by atoms with E-state index in [4.69, 9.17) is 4.74 Å². The van der Waals surface area contributed by atoms with E-state index in [1.165, 1.54) is 42.9 Å². The van der Waals surface area contributed by atoms with Crippen molar-refractivity contribution in [2.45, 2.75) is 11.8 Å². The molecule has 0 aliphatic carbocycles. The van der Waals surface area contributed by atoms with Crippen LogP contribution in [0.5, 0.6) is 0 Å². The van der Waals surface area contributed by atoms with Gasteiger partial charge >= 0.3 is 5.97 Å². The lowest BCUT2D eigenvalue weighted by atomic mass is 10.2. The minimum absolute atomic E-state index is 0.0436. The number of amides is 1. The molecule has 1 heterocycles. The number of benzene rings is 1. The number of hydrogen-bond acceptors (Lipinski definition) is 7. The SMILES string of the molecule is CCOC(=O)c1ccc(S(=O)(=O)NNC(=O)c2cnccn2)cc1. The fraction of sp³-hybridized carbons (Fsp3) is 0.143. The summed E-state index contributed by atoms with van der Waals surface area (Å²) < 4.78 is 29.0. The highest BCUT2D eigenvalue weighted by Gasteiger charge is 2.17. The van der Waals surface area contributed by atoms with Crippen LogP contribution in [-0.4, -0.2) is 36.9 Å². The van der Waals surface area contributed by atoms with Gasteiger partial charge in [-0.15, -0.1) is 4.83 Å². The van der Waals surface area contributed by atoms with E-state index in [0.717, 1.165) is 0 Å². The van der Waals surface area contributed by atoms with Crippen LogP contribution in [0.3, 0.4) is 0 Å².